The van der Waals surface area contributed by atoms with Crippen molar-refractivity contribution >= 4 is 73.6 Å². The molecule has 1 aliphatic heterocycles. The topological polar surface area (TPSA) is 328 Å². The Morgan fingerprint density at radius 2 is 1.15 bits per heavy atom. The van der Waals surface area contributed by atoms with Gasteiger partial charge in [0.05, 0.1) is 29.0 Å². The number of nitriles is 1. The number of alkyl halides is 1. The Balaban J connectivity index is 0.000000207. The van der Waals surface area contributed by atoms with Crippen LogP contribution in [0.3, 0.4) is 0 Å². The third-order valence-electron chi connectivity index (χ3n) is 8.17. The van der Waals surface area contributed by atoms with E-state index >= 15 is 0 Å². The fourth-order valence-electron chi connectivity index (χ4n) is 5.68. The summed E-state index contributed by atoms with van der Waals surface area (Å²) in [6, 6.07) is 16.9. The van der Waals surface area contributed by atoms with Crippen molar-refractivity contribution in [1.29, 1.82) is 16.1 Å². The Kier molecular flexibility index (Phi) is 18.0. The Labute approximate surface area is 354 Å². The van der Waals surface area contributed by atoms with Gasteiger partial charge in [-0.05, 0) is 48.5 Å². The summed E-state index contributed by atoms with van der Waals surface area (Å²) in [5.74, 6) is 3.58. The third kappa shape index (κ3) is 11.3. The van der Waals surface area contributed by atoms with Crippen LogP contribution in [0.4, 0.5) is 0 Å². The number of hydrogen-bond acceptors (Lipinski definition) is 17. The highest BCUT2D eigenvalue weighted by atomic mass is 35.5. The average Bonchev–Trinajstić information content (AvgIpc) is 4.14. The van der Waals surface area contributed by atoms with Crippen LogP contribution in [-0.4, -0.2) is 99.7 Å². The smallest absolute Gasteiger partial charge is 0.171 e. The number of nitrogens with zero attached hydrogens (tertiary/aromatic N) is 13. The maximum Gasteiger partial charge on any atom is 0.171 e. The summed E-state index contributed by atoms with van der Waals surface area (Å²) in [6.45, 7) is -0.305. The zero-order valence-electron chi connectivity index (χ0n) is 32.8. The number of nitrogen functional groups attached to an aromatic ring is 1. The van der Waals surface area contributed by atoms with Crippen molar-refractivity contribution in [2.24, 2.45) is 39.8 Å². The molecule has 9 rings (SSSR count). The van der Waals surface area contributed by atoms with Crippen molar-refractivity contribution in [1.82, 2.24) is 69.7 Å². The molecule has 23 heteroatoms. The zero-order valence-corrected chi connectivity index (χ0v) is 33.6. The Hall–Kier alpha value is -7.71. The summed E-state index contributed by atoms with van der Waals surface area (Å²) in [6.07, 6.45) is 11.3. The molecule has 318 valence electrons. The van der Waals surface area contributed by atoms with Crippen LogP contribution in [0.25, 0.3) is 44.1 Å². The normalized spacial score (nSPS) is 11.0. The number of nitrogens with one attached hydrogen (secondary N) is 4. The molecule has 0 aliphatic carbocycles. The maximum absolute atomic E-state index is 9.04. The fourth-order valence-corrected chi connectivity index (χ4v) is 5.68. The number of fused-ring (bicyclic) bond motifs is 4. The molecule has 0 unspecified atom stereocenters. The van der Waals surface area contributed by atoms with Gasteiger partial charge in [0, 0.05) is 76.2 Å². The Morgan fingerprint density at radius 3 is 1.61 bits per heavy atom. The standard InChI is InChI=1S/C10H11N5.C9H10N4O.C8H9N5.C8H6N4.C2H3ClO.CH4.H3NO/c1-15-10-7(3-2-4-13-10)8(14-15)9-11-5-6-12-9;1-13-9-6(3-2-4-11-9)8(12-13)7(10)5-14;1-13-8-5(3-2-4-11-8)6(12-13)7(9)10;1-12-8-6(3-2-4-10-8)7(5-9)11-12;3-1-2-4;;1-2/h2-6,9,11-12H,1H3;2-4,10,14H,5H2,1H3;2-4H,1H3,(H3,9,10);2-4H,1H3;2H,1H2;1H4;2H,1H2. The van der Waals surface area contributed by atoms with E-state index < -0.39 is 0 Å². The van der Waals surface area contributed by atoms with Crippen LogP contribution < -0.4 is 22.3 Å². The van der Waals surface area contributed by atoms with Crippen molar-refractivity contribution in [3.8, 4) is 6.07 Å². The predicted octanol–water partition coefficient (Wildman–Crippen LogP) is 2.45. The highest BCUT2D eigenvalue weighted by Gasteiger charge is 2.19. The lowest BCUT2D eigenvalue weighted by Gasteiger charge is -2.08. The highest BCUT2D eigenvalue weighted by molar-refractivity contribution is 6.24. The summed E-state index contributed by atoms with van der Waals surface area (Å²) in [5, 5.41) is 65.4. The number of carbonyl (C=O) groups excluding carboxylic acids is 1. The van der Waals surface area contributed by atoms with Crippen LogP contribution in [0, 0.1) is 22.1 Å². The van der Waals surface area contributed by atoms with E-state index in [2.05, 4.69) is 56.9 Å². The second kappa shape index (κ2) is 23.0. The van der Waals surface area contributed by atoms with E-state index in [0.29, 0.717) is 23.4 Å². The van der Waals surface area contributed by atoms with Gasteiger partial charge >= 0.3 is 0 Å². The van der Waals surface area contributed by atoms with Crippen molar-refractivity contribution in [2.75, 3.05) is 12.5 Å². The van der Waals surface area contributed by atoms with Gasteiger partial charge in [0.25, 0.3) is 0 Å². The minimum atomic E-state index is -0.305. The van der Waals surface area contributed by atoms with E-state index in [9.17, 15) is 0 Å². The molecular weight excluding hydrogens is 806 g/mol. The molecule has 0 radical (unpaired) electrons. The molecule has 0 saturated heterocycles. The molecular formula is C38H46ClN19O3. The van der Waals surface area contributed by atoms with Gasteiger partial charge in [-0.2, -0.15) is 25.7 Å². The summed E-state index contributed by atoms with van der Waals surface area (Å²) in [4.78, 5) is 25.7. The quantitative estimate of drug-likeness (QED) is 0.0405. The molecule has 0 atom stereocenters. The number of carbonyl (C=O) groups is 1. The summed E-state index contributed by atoms with van der Waals surface area (Å²) >= 11 is 4.82. The molecule has 61 heavy (non-hydrogen) atoms. The first kappa shape index (κ1) is 47.7. The highest BCUT2D eigenvalue weighted by Crippen LogP contribution is 2.21. The van der Waals surface area contributed by atoms with Gasteiger partial charge in [-0.3, -0.25) is 10.1 Å². The number of aromatic nitrogens is 12. The first-order valence-corrected chi connectivity index (χ1v) is 18.0. The number of aldehydes is 1. The van der Waals surface area contributed by atoms with Crippen molar-refractivity contribution in [3.05, 3.63) is 108 Å². The number of halogens is 1. The lowest BCUT2D eigenvalue weighted by molar-refractivity contribution is -0.105. The SMILES string of the molecule is C.Cn1nc(C#N)c2cccnc21.Cn1nc(C(=N)CO)c2cccnc21.Cn1nc(C(=N)N)c2cccnc21.Cn1nc(C2NC=CN2)c2cccnc21.NO.O=CCCl. The Morgan fingerprint density at radius 1 is 0.754 bits per heavy atom. The first-order chi connectivity index (χ1) is 29.0. The molecule has 0 aromatic carbocycles. The van der Waals surface area contributed by atoms with Crippen molar-refractivity contribution < 1.29 is 15.1 Å². The van der Waals surface area contributed by atoms with Crippen LogP contribution in [0.1, 0.15) is 36.4 Å². The van der Waals surface area contributed by atoms with Crippen LogP contribution in [0.2, 0.25) is 0 Å². The molecule has 8 aromatic heterocycles. The van der Waals surface area contributed by atoms with Crippen molar-refractivity contribution in [3.63, 3.8) is 0 Å². The van der Waals surface area contributed by atoms with Crippen LogP contribution in [0.5, 0.6) is 0 Å². The van der Waals surface area contributed by atoms with Gasteiger partial charge in [0.15, 0.2) is 28.3 Å². The minimum Gasteiger partial charge on any atom is -0.390 e. The van der Waals surface area contributed by atoms with E-state index in [-0.39, 0.29) is 37.6 Å². The van der Waals surface area contributed by atoms with Crippen molar-refractivity contribution in [2.45, 2.75) is 13.6 Å². The molecule has 0 amide bonds. The molecule has 0 fully saturated rings. The zero-order chi connectivity index (χ0) is 43.8. The summed E-state index contributed by atoms with van der Waals surface area (Å²) < 4.78 is 6.63. The maximum atomic E-state index is 9.04. The van der Waals surface area contributed by atoms with Gasteiger partial charge in [-0.1, -0.05) is 7.43 Å². The molecule has 0 saturated carbocycles. The lowest BCUT2D eigenvalue weighted by atomic mass is 10.2. The van der Waals surface area contributed by atoms with E-state index in [4.69, 9.17) is 48.5 Å². The van der Waals surface area contributed by atoms with Crippen LogP contribution in [0.15, 0.2) is 85.7 Å². The second-order valence-corrected chi connectivity index (χ2v) is 12.3. The molecule has 22 nitrogen and oxygen atoms in total. The monoisotopic (exact) mass is 851 g/mol. The number of hydrogen-bond donors (Lipinski definition) is 8. The van der Waals surface area contributed by atoms with E-state index in [1.807, 2.05) is 55.8 Å². The van der Waals surface area contributed by atoms with Gasteiger partial charge in [-0.15, -0.1) is 11.6 Å². The van der Waals surface area contributed by atoms with Crippen LogP contribution in [-0.2, 0) is 33.0 Å². The summed E-state index contributed by atoms with van der Waals surface area (Å²) in [5.41, 5.74) is 11.0. The molecule has 1 aliphatic rings. The molecule has 9 heterocycles. The largest absolute Gasteiger partial charge is 0.390 e. The van der Waals surface area contributed by atoms with E-state index in [1.165, 1.54) is 0 Å². The molecule has 10 N–H and O–H groups in total. The lowest BCUT2D eigenvalue weighted by Crippen LogP contribution is -2.21. The van der Waals surface area contributed by atoms with E-state index in [1.54, 1.807) is 82.9 Å². The predicted molar refractivity (Wildman–Crippen MR) is 231 cm³/mol. The number of aryl methyl sites for hydroxylation is 4. The van der Waals surface area contributed by atoms with Gasteiger partial charge in [0.1, 0.15) is 41.4 Å². The number of nitrogens with two attached hydrogens (primary N) is 2. The van der Waals surface area contributed by atoms with Crippen LogP contribution >= 0.6 is 11.6 Å². The van der Waals surface area contributed by atoms with Gasteiger partial charge < -0.3 is 36.9 Å². The molecule has 8 aromatic rings. The number of aliphatic hydroxyl groups is 1. The van der Waals surface area contributed by atoms with Gasteiger partial charge in [-0.25, -0.2) is 39.9 Å². The number of amidine groups is 1. The first-order valence-electron chi connectivity index (χ1n) is 17.5. The number of pyridine rings is 4. The molecule has 0 bridgehead atoms. The second-order valence-electron chi connectivity index (χ2n) is 12.0. The number of aliphatic hydroxyl groups excluding tert-OH is 1. The molecule has 0 spiro atoms. The summed E-state index contributed by atoms with van der Waals surface area (Å²) in [7, 11) is 7.22. The fraction of sp³-hybridized carbons (Fsp3) is 0.211. The minimum absolute atomic E-state index is 0. The Bertz CT molecular complexity index is 2770. The van der Waals surface area contributed by atoms with Gasteiger partial charge in [0.2, 0.25) is 0 Å². The average molecular weight is 852 g/mol. The van der Waals surface area contributed by atoms with E-state index in [0.717, 1.165) is 49.8 Å². The third-order valence-corrected chi connectivity index (χ3v) is 8.30. The number of rotatable bonds is 5.